The second kappa shape index (κ2) is 3.75. The molecule has 2 aromatic heterocycles. The molecule has 0 spiro atoms. The summed E-state index contributed by atoms with van der Waals surface area (Å²) in [6, 6.07) is 6.49. The summed E-state index contributed by atoms with van der Waals surface area (Å²) < 4.78 is 5.53. The molecule has 5 heteroatoms. The molecule has 0 aliphatic carbocycles. The summed E-state index contributed by atoms with van der Waals surface area (Å²) in [4.78, 5) is 8.19. The first kappa shape index (κ1) is 10.1. The van der Waals surface area contributed by atoms with E-state index in [4.69, 9.17) is 16.0 Å². The molecule has 0 aliphatic rings. The van der Waals surface area contributed by atoms with Gasteiger partial charge in [-0.3, -0.25) is 4.98 Å². The molecule has 1 aromatic carbocycles. The maximum Gasteiger partial charge on any atom is 0.228 e. The molecule has 3 rings (SSSR count). The predicted molar refractivity (Wildman–Crippen MR) is 63.9 cm³/mol. The Morgan fingerprint density at radius 1 is 1.24 bits per heavy atom. The minimum Gasteiger partial charge on any atom is -0.508 e. The van der Waals surface area contributed by atoms with E-state index in [1.54, 1.807) is 24.4 Å². The molecule has 0 amide bonds. The van der Waals surface area contributed by atoms with Gasteiger partial charge in [0, 0.05) is 18.5 Å². The van der Waals surface area contributed by atoms with Crippen molar-refractivity contribution in [2.24, 2.45) is 0 Å². The van der Waals surface area contributed by atoms with Crippen molar-refractivity contribution in [2.45, 2.75) is 0 Å². The Hall–Kier alpha value is -2.07. The number of fused-ring (bicyclic) bond motifs is 1. The Morgan fingerprint density at radius 2 is 2.12 bits per heavy atom. The van der Waals surface area contributed by atoms with Gasteiger partial charge in [0.25, 0.3) is 0 Å². The minimum absolute atomic E-state index is 0.140. The van der Waals surface area contributed by atoms with E-state index in [0.717, 1.165) is 0 Å². The van der Waals surface area contributed by atoms with E-state index in [0.29, 0.717) is 27.6 Å². The number of halogens is 1. The van der Waals surface area contributed by atoms with Gasteiger partial charge in [-0.25, -0.2) is 4.98 Å². The third-order valence-corrected chi connectivity index (χ3v) is 2.68. The average molecular weight is 247 g/mol. The van der Waals surface area contributed by atoms with Crippen LogP contribution in [-0.4, -0.2) is 15.1 Å². The summed E-state index contributed by atoms with van der Waals surface area (Å²) in [5, 5.41) is 9.82. The Labute approximate surface area is 102 Å². The van der Waals surface area contributed by atoms with Crippen molar-refractivity contribution in [1.29, 1.82) is 0 Å². The normalized spacial score (nSPS) is 10.9. The first-order valence-corrected chi connectivity index (χ1v) is 5.31. The molecular weight excluding hydrogens is 240 g/mol. The third-order valence-electron chi connectivity index (χ3n) is 2.37. The second-order valence-electron chi connectivity index (χ2n) is 3.53. The zero-order chi connectivity index (χ0) is 11.8. The van der Waals surface area contributed by atoms with Crippen molar-refractivity contribution >= 4 is 22.7 Å². The van der Waals surface area contributed by atoms with Crippen LogP contribution in [0, 0.1) is 0 Å². The summed E-state index contributed by atoms with van der Waals surface area (Å²) in [6.45, 7) is 0. The molecule has 4 nitrogen and oxygen atoms in total. The first-order valence-electron chi connectivity index (χ1n) is 4.93. The van der Waals surface area contributed by atoms with Crippen LogP contribution in [0.15, 0.2) is 41.1 Å². The molecule has 17 heavy (non-hydrogen) atoms. The highest BCUT2D eigenvalue weighted by atomic mass is 35.5. The van der Waals surface area contributed by atoms with E-state index in [1.807, 2.05) is 0 Å². The lowest BCUT2D eigenvalue weighted by atomic mass is 10.3. The number of phenolic OH excluding ortho intramolecular Hbond substituents is 1. The maximum absolute atomic E-state index is 9.34. The number of aromatic nitrogens is 2. The Morgan fingerprint density at radius 3 is 2.94 bits per heavy atom. The van der Waals surface area contributed by atoms with Crippen LogP contribution >= 0.6 is 11.6 Å². The van der Waals surface area contributed by atoms with E-state index < -0.39 is 0 Å². The van der Waals surface area contributed by atoms with E-state index in [1.165, 1.54) is 12.3 Å². The van der Waals surface area contributed by atoms with Crippen LogP contribution in [-0.2, 0) is 0 Å². The predicted octanol–water partition coefficient (Wildman–Crippen LogP) is 3.25. The monoisotopic (exact) mass is 246 g/mol. The number of phenols is 1. The molecule has 0 aliphatic heterocycles. The van der Waals surface area contributed by atoms with Crippen molar-refractivity contribution in [3.63, 3.8) is 0 Å². The van der Waals surface area contributed by atoms with Crippen molar-refractivity contribution in [1.82, 2.24) is 9.97 Å². The van der Waals surface area contributed by atoms with Crippen molar-refractivity contribution in [2.75, 3.05) is 0 Å². The quantitative estimate of drug-likeness (QED) is 0.716. The fourth-order valence-corrected chi connectivity index (χ4v) is 1.78. The lowest BCUT2D eigenvalue weighted by Crippen LogP contribution is -1.80. The molecule has 3 aromatic rings. The lowest BCUT2D eigenvalue weighted by Gasteiger charge is -1.96. The molecular formula is C12H7ClN2O2. The number of oxazole rings is 1. The summed E-state index contributed by atoms with van der Waals surface area (Å²) in [5.74, 6) is 0.555. The first-order chi connectivity index (χ1) is 8.24. The molecule has 0 saturated heterocycles. The van der Waals surface area contributed by atoms with E-state index in [-0.39, 0.29) is 5.75 Å². The van der Waals surface area contributed by atoms with Crippen LogP contribution in [0.5, 0.6) is 5.75 Å². The van der Waals surface area contributed by atoms with Crippen molar-refractivity contribution in [3.8, 4) is 17.2 Å². The number of aromatic hydroxyl groups is 1. The number of nitrogens with zero attached hydrogens (tertiary/aromatic N) is 2. The number of benzene rings is 1. The Balaban J connectivity index is 2.22. The topological polar surface area (TPSA) is 59.2 Å². The Bertz CT molecular complexity index is 694. The summed E-state index contributed by atoms with van der Waals surface area (Å²) in [5.41, 5.74) is 1.87. The van der Waals surface area contributed by atoms with E-state index >= 15 is 0 Å². The van der Waals surface area contributed by atoms with Gasteiger partial charge >= 0.3 is 0 Å². The molecule has 0 bridgehead atoms. The third kappa shape index (κ3) is 1.72. The van der Waals surface area contributed by atoms with Crippen LogP contribution in [0.1, 0.15) is 0 Å². The Kier molecular flexibility index (Phi) is 2.23. The molecule has 0 unspecified atom stereocenters. The van der Waals surface area contributed by atoms with Gasteiger partial charge in [0.1, 0.15) is 11.3 Å². The molecule has 0 atom stereocenters. The van der Waals surface area contributed by atoms with Gasteiger partial charge in [0.15, 0.2) is 5.58 Å². The molecule has 0 radical (unpaired) electrons. The highest BCUT2D eigenvalue weighted by Crippen LogP contribution is 2.30. The van der Waals surface area contributed by atoms with Gasteiger partial charge in [-0.1, -0.05) is 11.6 Å². The minimum atomic E-state index is 0.140. The van der Waals surface area contributed by atoms with Crippen LogP contribution < -0.4 is 0 Å². The number of pyridine rings is 1. The summed E-state index contributed by atoms with van der Waals surface area (Å²) >= 11 is 6.01. The van der Waals surface area contributed by atoms with Gasteiger partial charge in [-0.2, -0.15) is 0 Å². The molecule has 2 heterocycles. The van der Waals surface area contributed by atoms with Gasteiger partial charge in [0.2, 0.25) is 5.89 Å². The van der Waals surface area contributed by atoms with Crippen LogP contribution in [0.25, 0.3) is 22.6 Å². The average Bonchev–Trinajstić information content (AvgIpc) is 2.72. The largest absolute Gasteiger partial charge is 0.508 e. The van der Waals surface area contributed by atoms with E-state index in [2.05, 4.69) is 9.97 Å². The van der Waals surface area contributed by atoms with Crippen LogP contribution in [0.4, 0.5) is 0 Å². The summed E-state index contributed by atoms with van der Waals surface area (Å²) in [6.07, 6.45) is 3.15. The SMILES string of the molecule is Oc1ccc2nc(-c3ccncc3Cl)oc2c1. The van der Waals surface area contributed by atoms with Gasteiger partial charge in [-0.15, -0.1) is 0 Å². The molecule has 0 fully saturated rings. The van der Waals surface area contributed by atoms with Crippen molar-refractivity contribution < 1.29 is 9.52 Å². The highest BCUT2D eigenvalue weighted by molar-refractivity contribution is 6.33. The smallest absolute Gasteiger partial charge is 0.228 e. The fraction of sp³-hybridized carbons (Fsp3) is 0. The second-order valence-corrected chi connectivity index (χ2v) is 3.93. The highest BCUT2D eigenvalue weighted by Gasteiger charge is 2.11. The van der Waals surface area contributed by atoms with Crippen LogP contribution in [0.3, 0.4) is 0 Å². The summed E-state index contributed by atoms with van der Waals surface area (Å²) in [7, 11) is 0. The zero-order valence-electron chi connectivity index (χ0n) is 8.59. The molecule has 1 N–H and O–H groups in total. The standard InChI is InChI=1S/C12H7ClN2O2/c13-9-6-14-4-3-8(9)12-15-10-2-1-7(16)5-11(10)17-12/h1-6,16H. The maximum atomic E-state index is 9.34. The lowest BCUT2D eigenvalue weighted by molar-refractivity contribution is 0.474. The van der Waals surface area contributed by atoms with Gasteiger partial charge in [-0.05, 0) is 18.2 Å². The van der Waals surface area contributed by atoms with Gasteiger partial charge < -0.3 is 9.52 Å². The van der Waals surface area contributed by atoms with E-state index in [9.17, 15) is 5.11 Å². The van der Waals surface area contributed by atoms with Crippen LogP contribution in [0.2, 0.25) is 5.02 Å². The number of hydrogen-bond donors (Lipinski definition) is 1. The van der Waals surface area contributed by atoms with Gasteiger partial charge in [0.05, 0.1) is 10.6 Å². The zero-order valence-corrected chi connectivity index (χ0v) is 9.35. The fourth-order valence-electron chi connectivity index (χ4n) is 1.58. The van der Waals surface area contributed by atoms with Crippen molar-refractivity contribution in [3.05, 3.63) is 41.7 Å². The number of rotatable bonds is 1. The number of hydrogen-bond acceptors (Lipinski definition) is 4. The molecule has 0 saturated carbocycles. The molecule has 84 valence electrons.